The smallest absolute Gasteiger partial charge is 0.272 e. The molecule has 1 amide bonds. The fourth-order valence-corrected chi connectivity index (χ4v) is 3.93. The zero-order chi connectivity index (χ0) is 22.7. The second-order valence-electron chi connectivity index (χ2n) is 7.52. The zero-order valence-electron chi connectivity index (χ0n) is 18.8. The highest BCUT2D eigenvalue weighted by Crippen LogP contribution is 2.31. The molecule has 6 heteroatoms. The second-order valence-corrected chi connectivity index (χ2v) is 7.52. The molecule has 32 heavy (non-hydrogen) atoms. The summed E-state index contributed by atoms with van der Waals surface area (Å²) in [5.41, 5.74) is 4.59. The molecule has 0 spiro atoms. The number of carbonyl (C=O) groups is 1. The molecule has 4 rings (SSSR count). The van der Waals surface area contributed by atoms with Crippen LogP contribution in [0.5, 0.6) is 17.4 Å². The molecule has 0 aliphatic rings. The predicted molar refractivity (Wildman–Crippen MR) is 127 cm³/mol. The van der Waals surface area contributed by atoms with Crippen LogP contribution >= 0.6 is 0 Å². The number of pyridine rings is 1. The monoisotopic (exact) mass is 429 g/mol. The Morgan fingerprint density at radius 2 is 1.84 bits per heavy atom. The largest absolute Gasteiger partial charge is 0.493 e. The summed E-state index contributed by atoms with van der Waals surface area (Å²) in [5.74, 6) is 1.46. The molecule has 2 aromatic heterocycles. The van der Waals surface area contributed by atoms with Crippen LogP contribution in [0.4, 0.5) is 5.69 Å². The van der Waals surface area contributed by atoms with Crippen LogP contribution in [0.3, 0.4) is 0 Å². The Kier molecular flexibility index (Phi) is 6.12. The van der Waals surface area contributed by atoms with Crippen molar-refractivity contribution >= 4 is 22.5 Å². The lowest BCUT2D eigenvalue weighted by atomic mass is 10.1. The number of amides is 1. The molecule has 4 aromatic rings. The third-order valence-corrected chi connectivity index (χ3v) is 5.60. The highest BCUT2D eigenvalue weighted by molar-refractivity contribution is 6.08. The van der Waals surface area contributed by atoms with Crippen molar-refractivity contribution in [3.63, 3.8) is 0 Å². The molecule has 0 unspecified atom stereocenters. The van der Waals surface area contributed by atoms with Gasteiger partial charge in [0.25, 0.3) is 5.91 Å². The third-order valence-electron chi connectivity index (χ3n) is 5.60. The SMILES string of the molecule is CCc1ccc2c(c1)c(C)c(C(=O)Nc1ccc(Oc3ccccc3OC)nc1)n2CC. The van der Waals surface area contributed by atoms with Gasteiger partial charge in [0.1, 0.15) is 5.69 Å². The molecule has 0 atom stereocenters. The van der Waals surface area contributed by atoms with Crippen molar-refractivity contribution in [2.24, 2.45) is 0 Å². The van der Waals surface area contributed by atoms with Crippen molar-refractivity contribution in [3.8, 4) is 17.4 Å². The van der Waals surface area contributed by atoms with Gasteiger partial charge in [-0.3, -0.25) is 4.79 Å². The number of benzene rings is 2. The van der Waals surface area contributed by atoms with Crippen LogP contribution in [0.25, 0.3) is 10.9 Å². The molecule has 0 saturated heterocycles. The van der Waals surface area contributed by atoms with Crippen LogP contribution < -0.4 is 14.8 Å². The van der Waals surface area contributed by atoms with Crippen LogP contribution in [0.2, 0.25) is 0 Å². The minimum Gasteiger partial charge on any atom is -0.493 e. The first-order valence-corrected chi connectivity index (χ1v) is 10.8. The second kappa shape index (κ2) is 9.14. The Balaban J connectivity index is 1.56. The average Bonchev–Trinajstić information content (AvgIpc) is 3.11. The van der Waals surface area contributed by atoms with Gasteiger partial charge in [-0.05, 0) is 61.7 Å². The molecule has 164 valence electrons. The van der Waals surface area contributed by atoms with E-state index in [9.17, 15) is 4.79 Å². The van der Waals surface area contributed by atoms with Gasteiger partial charge >= 0.3 is 0 Å². The van der Waals surface area contributed by atoms with E-state index in [2.05, 4.69) is 46.9 Å². The van der Waals surface area contributed by atoms with E-state index >= 15 is 0 Å². The van der Waals surface area contributed by atoms with Crippen molar-refractivity contribution in [1.82, 2.24) is 9.55 Å². The lowest BCUT2D eigenvalue weighted by molar-refractivity contribution is 0.101. The number of para-hydroxylation sites is 2. The number of aryl methyl sites for hydroxylation is 3. The molecular weight excluding hydrogens is 402 g/mol. The van der Waals surface area contributed by atoms with Crippen molar-refractivity contribution in [2.75, 3.05) is 12.4 Å². The van der Waals surface area contributed by atoms with Gasteiger partial charge in [0.05, 0.1) is 19.0 Å². The van der Waals surface area contributed by atoms with Gasteiger partial charge in [0.2, 0.25) is 5.88 Å². The van der Waals surface area contributed by atoms with E-state index in [0.717, 1.165) is 22.9 Å². The summed E-state index contributed by atoms with van der Waals surface area (Å²) >= 11 is 0. The summed E-state index contributed by atoms with van der Waals surface area (Å²) in [5, 5.41) is 4.09. The van der Waals surface area contributed by atoms with E-state index < -0.39 is 0 Å². The predicted octanol–water partition coefficient (Wildman–Crippen LogP) is 5.98. The fraction of sp³-hybridized carbons (Fsp3) is 0.231. The maximum Gasteiger partial charge on any atom is 0.272 e. The first kappa shape index (κ1) is 21.4. The number of methoxy groups -OCH3 is 1. The Bertz CT molecular complexity index is 1260. The van der Waals surface area contributed by atoms with E-state index in [1.165, 1.54) is 5.56 Å². The first-order valence-electron chi connectivity index (χ1n) is 10.8. The van der Waals surface area contributed by atoms with Crippen LogP contribution in [0.1, 0.15) is 35.5 Å². The number of anilines is 1. The summed E-state index contributed by atoms with van der Waals surface area (Å²) in [4.78, 5) is 17.5. The molecule has 2 heterocycles. The van der Waals surface area contributed by atoms with Crippen LogP contribution in [0.15, 0.2) is 60.8 Å². The maximum atomic E-state index is 13.2. The first-order chi connectivity index (χ1) is 15.5. The highest BCUT2D eigenvalue weighted by atomic mass is 16.5. The lowest BCUT2D eigenvalue weighted by Crippen LogP contribution is -2.18. The van der Waals surface area contributed by atoms with E-state index in [-0.39, 0.29) is 5.91 Å². The van der Waals surface area contributed by atoms with Gasteiger partial charge in [0.15, 0.2) is 11.5 Å². The zero-order valence-corrected chi connectivity index (χ0v) is 18.8. The fourth-order valence-electron chi connectivity index (χ4n) is 3.93. The number of ether oxygens (including phenoxy) is 2. The standard InChI is InChI=1S/C26H27N3O3/c1-5-18-11-13-21-20(15-18)17(3)25(29(21)6-2)26(30)28-19-12-14-24(27-16-19)32-23-10-8-7-9-22(23)31-4/h7-16H,5-6H2,1-4H3,(H,28,30). The minimum absolute atomic E-state index is 0.154. The van der Waals surface area contributed by atoms with E-state index in [1.54, 1.807) is 25.4 Å². The molecule has 2 aromatic carbocycles. The van der Waals surface area contributed by atoms with Gasteiger partial charge in [-0.1, -0.05) is 25.1 Å². The van der Waals surface area contributed by atoms with Crippen molar-refractivity contribution < 1.29 is 14.3 Å². The van der Waals surface area contributed by atoms with Gasteiger partial charge in [-0.2, -0.15) is 0 Å². The molecule has 0 saturated carbocycles. The summed E-state index contributed by atoms with van der Waals surface area (Å²) in [6.07, 6.45) is 2.55. The van der Waals surface area contributed by atoms with Crippen molar-refractivity contribution in [2.45, 2.75) is 33.7 Å². The maximum absolute atomic E-state index is 13.2. The Hall–Kier alpha value is -3.80. The number of hydrogen-bond acceptors (Lipinski definition) is 4. The molecule has 0 bridgehead atoms. The number of aromatic nitrogens is 2. The number of nitrogens with zero attached hydrogens (tertiary/aromatic N) is 2. The Morgan fingerprint density at radius 3 is 2.50 bits per heavy atom. The van der Waals surface area contributed by atoms with Gasteiger partial charge in [-0.25, -0.2) is 4.98 Å². The van der Waals surface area contributed by atoms with E-state index in [0.29, 0.717) is 35.3 Å². The summed E-state index contributed by atoms with van der Waals surface area (Å²) in [6.45, 7) is 6.90. The molecule has 0 aliphatic heterocycles. The minimum atomic E-state index is -0.154. The highest BCUT2D eigenvalue weighted by Gasteiger charge is 2.20. The third kappa shape index (κ3) is 4.04. The summed E-state index contributed by atoms with van der Waals surface area (Å²) < 4.78 is 13.2. The number of hydrogen-bond donors (Lipinski definition) is 1. The van der Waals surface area contributed by atoms with Crippen LogP contribution in [-0.4, -0.2) is 22.6 Å². The Morgan fingerprint density at radius 1 is 1.06 bits per heavy atom. The average molecular weight is 430 g/mol. The molecule has 0 radical (unpaired) electrons. The number of carbonyl (C=O) groups excluding carboxylic acids is 1. The van der Waals surface area contributed by atoms with Crippen LogP contribution in [-0.2, 0) is 13.0 Å². The summed E-state index contributed by atoms with van der Waals surface area (Å²) in [6, 6.07) is 17.3. The topological polar surface area (TPSA) is 65.4 Å². The van der Waals surface area contributed by atoms with Crippen molar-refractivity contribution in [1.29, 1.82) is 0 Å². The molecule has 0 aliphatic carbocycles. The number of rotatable bonds is 7. The van der Waals surface area contributed by atoms with Crippen LogP contribution in [0, 0.1) is 6.92 Å². The van der Waals surface area contributed by atoms with Gasteiger partial charge < -0.3 is 19.4 Å². The number of nitrogens with one attached hydrogen (secondary N) is 1. The molecule has 0 fully saturated rings. The Labute approximate surface area is 187 Å². The molecule has 6 nitrogen and oxygen atoms in total. The molecular formula is C26H27N3O3. The van der Waals surface area contributed by atoms with Gasteiger partial charge in [-0.15, -0.1) is 0 Å². The lowest BCUT2D eigenvalue weighted by Gasteiger charge is -2.11. The van der Waals surface area contributed by atoms with E-state index in [1.807, 2.05) is 31.2 Å². The molecule has 1 N–H and O–H groups in total. The van der Waals surface area contributed by atoms with Crippen molar-refractivity contribution in [3.05, 3.63) is 77.6 Å². The van der Waals surface area contributed by atoms with E-state index in [4.69, 9.17) is 9.47 Å². The van der Waals surface area contributed by atoms with Gasteiger partial charge in [0, 0.05) is 23.5 Å². The normalized spacial score (nSPS) is 10.9. The summed E-state index contributed by atoms with van der Waals surface area (Å²) in [7, 11) is 1.59. The quantitative estimate of drug-likeness (QED) is 0.392. The number of fused-ring (bicyclic) bond motifs is 1.